The SMILES string of the molecule is BN1CCC[C@H]1CNc1ccc(C)cc1Oc1ccc(OC)cc1. The average Bonchev–Trinajstić information content (AvgIpc) is 3.00. The topological polar surface area (TPSA) is 33.7 Å². The third-order valence-electron chi connectivity index (χ3n) is 4.62. The monoisotopic (exact) mass is 324 g/mol. The van der Waals surface area contributed by atoms with E-state index in [9.17, 15) is 0 Å². The van der Waals surface area contributed by atoms with Gasteiger partial charge in [0.15, 0.2) is 13.7 Å². The molecule has 1 N–H and O–H groups in total. The summed E-state index contributed by atoms with van der Waals surface area (Å²) in [5.74, 6) is 2.50. The van der Waals surface area contributed by atoms with Crippen molar-refractivity contribution in [1.29, 1.82) is 0 Å². The van der Waals surface area contributed by atoms with Crippen molar-refractivity contribution in [1.82, 2.24) is 4.81 Å². The van der Waals surface area contributed by atoms with Gasteiger partial charge in [0, 0.05) is 12.6 Å². The Labute approximate surface area is 145 Å². The Morgan fingerprint density at radius 2 is 1.92 bits per heavy atom. The van der Waals surface area contributed by atoms with Crippen molar-refractivity contribution in [2.75, 3.05) is 25.5 Å². The predicted molar refractivity (Wildman–Crippen MR) is 101 cm³/mol. The smallest absolute Gasteiger partial charge is 0.185 e. The number of rotatable bonds is 6. The van der Waals surface area contributed by atoms with E-state index in [2.05, 4.69) is 43.2 Å². The molecule has 2 aromatic rings. The normalized spacial score (nSPS) is 17.7. The van der Waals surface area contributed by atoms with Gasteiger partial charge >= 0.3 is 0 Å². The molecule has 0 aliphatic carbocycles. The van der Waals surface area contributed by atoms with Crippen LogP contribution in [0.2, 0.25) is 0 Å². The van der Waals surface area contributed by atoms with Crippen molar-refractivity contribution in [2.24, 2.45) is 0 Å². The minimum Gasteiger partial charge on any atom is -0.497 e. The van der Waals surface area contributed by atoms with E-state index in [1.807, 2.05) is 24.3 Å². The largest absolute Gasteiger partial charge is 0.497 e. The molecule has 1 fully saturated rings. The first-order valence-electron chi connectivity index (χ1n) is 8.52. The molecule has 0 unspecified atom stereocenters. The molecule has 1 atom stereocenters. The highest BCUT2D eigenvalue weighted by molar-refractivity contribution is 6.04. The van der Waals surface area contributed by atoms with Gasteiger partial charge in [0.05, 0.1) is 12.8 Å². The lowest BCUT2D eigenvalue weighted by atomic mass is 10.1. The molecular formula is C19H25BN2O2. The Morgan fingerprint density at radius 3 is 2.58 bits per heavy atom. The molecule has 3 rings (SSSR count). The summed E-state index contributed by atoms with van der Waals surface area (Å²) in [5.41, 5.74) is 2.22. The van der Waals surface area contributed by atoms with E-state index in [0.29, 0.717) is 6.04 Å². The molecule has 1 saturated heterocycles. The van der Waals surface area contributed by atoms with Gasteiger partial charge in [-0.2, -0.15) is 0 Å². The molecule has 1 heterocycles. The first-order valence-corrected chi connectivity index (χ1v) is 8.52. The summed E-state index contributed by atoms with van der Waals surface area (Å²) in [7, 11) is 3.86. The van der Waals surface area contributed by atoms with Crippen LogP contribution in [0.5, 0.6) is 17.2 Å². The summed E-state index contributed by atoms with van der Waals surface area (Å²) in [5, 5.41) is 3.56. The minimum atomic E-state index is 0.597. The Balaban J connectivity index is 1.72. The number of anilines is 1. The van der Waals surface area contributed by atoms with E-state index in [1.54, 1.807) is 7.11 Å². The Bertz CT molecular complexity index is 676. The molecule has 5 heteroatoms. The Morgan fingerprint density at radius 1 is 1.17 bits per heavy atom. The molecule has 0 amide bonds. The lowest BCUT2D eigenvalue weighted by Gasteiger charge is -2.22. The third-order valence-corrected chi connectivity index (χ3v) is 4.62. The van der Waals surface area contributed by atoms with Gasteiger partial charge in [0.2, 0.25) is 0 Å². The summed E-state index contributed by atoms with van der Waals surface area (Å²) >= 11 is 0. The van der Waals surface area contributed by atoms with Crippen LogP contribution in [0.4, 0.5) is 5.69 Å². The molecule has 2 aromatic carbocycles. The number of ether oxygens (including phenoxy) is 2. The second-order valence-corrected chi connectivity index (χ2v) is 6.43. The van der Waals surface area contributed by atoms with Crippen molar-refractivity contribution >= 4 is 13.7 Å². The van der Waals surface area contributed by atoms with Gasteiger partial charge in [-0.25, -0.2) is 0 Å². The second-order valence-electron chi connectivity index (χ2n) is 6.43. The zero-order valence-electron chi connectivity index (χ0n) is 14.7. The van der Waals surface area contributed by atoms with Crippen LogP contribution in [0.25, 0.3) is 0 Å². The van der Waals surface area contributed by atoms with Crippen molar-refractivity contribution in [3.63, 3.8) is 0 Å². The fourth-order valence-electron chi connectivity index (χ4n) is 3.10. The molecule has 0 spiro atoms. The van der Waals surface area contributed by atoms with Crippen molar-refractivity contribution in [3.8, 4) is 17.2 Å². The standard InChI is InChI=1S/C19H25BN2O2/c1-14-5-10-18(21-13-15-4-3-11-22(15)20)19(12-14)24-17-8-6-16(23-2)7-9-17/h5-10,12,15,21H,3-4,11,13,20H2,1-2H3/t15-/m0/s1. The molecule has 1 aliphatic rings. The Kier molecular flexibility index (Phi) is 5.31. The lowest BCUT2D eigenvalue weighted by Crippen LogP contribution is -2.32. The molecule has 24 heavy (non-hydrogen) atoms. The van der Waals surface area contributed by atoms with Crippen LogP contribution >= 0.6 is 0 Å². The Hall–Kier alpha value is -2.14. The van der Waals surface area contributed by atoms with Crippen LogP contribution in [-0.2, 0) is 0 Å². The van der Waals surface area contributed by atoms with Crippen LogP contribution in [0.1, 0.15) is 18.4 Å². The van der Waals surface area contributed by atoms with Crippen molar-refractivity contribution in [2.45, 2.75) is 25.8 Å². The van der Waals surface area contributed by atoms with E-state index in [-0.39, 0.29) is 0 Å². The number of nitrogens with zero attached hydrogens (tertiary/aromatic N) is 1. The number of nitrogens with one attached hydrogen (secondary N) is 1. The quantitative estimate of drug-likeness (QED) is 0.827. The fourth-order valence-corrected chi connectivity index (χ4v) is 3.10. The van der Waals surface area contributed by atoms with E-state index in [4.69, 9.17) is 9.47 Å². The van der Waals surface area contributed by atoms with E-state index >= 15 is 0 Å². The van der Waals surface area contributed by atoms with Crippen LogP contribution in [0, 0.1) is 6.92 Å². The summed E-state index contributed by atoms with van der Waals surface area (Å²) < 4.78 is 11.3. The number of hydrogen-bond donors (Lipinski definition) is 1. The van der Waals surface area contributed by atoms with Gasteiger partial charge in [-0.15, -0.1) is 0 Å². The van der Waals surface area contributed by atoms with Gasteiger partial charge in [0.25, 0.3) is 0 Å². The number of methoxy groups -OCH3 is 1. The van der Waals surface area contributed by atoms with Gasteiger partial charge in [0.1, 0.15) is 11.5 Å². The molecular weight excluding hydrogens is 299 g/mol. The molecule has 4 nitrogen and oxygen atoms in total. The van der Waals surface area contributed by atoms with Gasteiger partial charge in [-0.05, 0) is 68.3 Å². The molecule has 0 bridgehead atoms. The number of aryl methyl sites for hydroxylation is 1. The lowest BCUT2D eigenvalue weighted by molar-refractivity contribution is 0.413. The van der Waals surface area contributed by atoms with E-state index < -0.39 is 0 Å². The zero-order valence-corrected chi connectivity index (χ0v) is 14.7. The highest BCUT2D eigenvalue weighted by Crippen LogP contribution is 2.31. The maximum Gasteiger partial charge on any atom is 0.185 e. The molecule has 0 radical (unpaired) electrons. The zero-order chi connectivity index (χ0) is 16.9. The summed E-state index contributed by atoms with van der Waals surface area (Å²) in [6.07, 6.45) is 2.54. The van der Waals surface area contributed by atoms with Crippen LogP contribution in [-0.4, -0.2) is 39.0 Å². The maximum atomic E-state index is 6.10. The van der Waals surface area contributed by atoms with Gasteiger partial charge < -0.3 is 19.6 Å². The summed E-state index contributed by atoms with van der Waals surface area (Å²) in [6.45, 7) is 4.21. The third kappa shape index (κ3) is 4.03. The summed E-state index contributed by atoms with van der Waals surface area (Å²) in [4.78, 5) is 2.42. The number of benzene rings is 2. The van der Waals surface area contributed by atoms with Gasteiger partial charge in [-0.1, -0.05) is 6.07 Å². The molecule has 1 aliphatic heterocycles. The van der Waals surface area contributed by atoms with Crippen molar-refractivity contribution < 1.29 is 9.47 Å². The molecule has 0 saturated carbocycles. The van der Waals surface area contributed by atoms with Crippen LogP contribution in [0.15, 0.2) is 42.5 Å². The van der Waals surface area contributed by atoms with Crippen molar-refractivity contribution in [3.05, 3.63) is 48.0 Å². The van der Waals surface area contributed by atoms with E-state index in [1.165, 1.54) is 24.9 Å². The highest BCUT2D eigenvalue weighted by Gasteiger charge is 2.20. The predicted octanol–water partition coefficient (Wildman–Crippen LogP) is 3.22. The second kappa shape index (κ2) is 7.62. The van der Waals surface area contributed by atoms with E-state index in [0.717, 1.165) is 29.5 Å². The maximum absolute atomic E-state index is 6.10. The van der Waals surface area contributed by atoms with Gasteiger partial charge in [-0.3, -0.25) is 0 Å². The molecule has 126 valence electrons. The average molecular weight is 324 g/mol. The summed E-state index contributed by atoms with van der Waals surface area (Å²) in [6, 6.07) is 14.6. The molecule has 0 aromatic heterocycles. The first kappa shape index (κ1) is 16.7. The van der Waals surface area contributed by atoms with Crippen LogP contribution < -0.4 is 14.8 Å². The number of hydrogen-bond acceptors (Lipinski definition) is 4. The minimum absolute atomic E-state index is 0.597. The van der Waals surface area contributed by atoms with Crippen LogP contribution in [0.3, 0.4) is 0 Å². The highest BCUT2D eigenvalue weighted by atomic mass is 16.5. The fraction of sp³-hybridized carbons (Fsp3) is 0.368. The first-order chi connectivity index (χ1) is 11.7.